The molecule has 1 unspecified atom stereocenters. The first kappa shape index (κ1) is 13.3. The Morgan fingerprint density at radius 3 is 2.95 bits per heavy atom. The van der Waals surface area contributed by atoms with E-state index in [0.717, 1.165) is 11.9 Å². The zero-order valence-corrected chi connectivity index (χ0v) is 12.6. The van der Waals surface area contributed by atoms with E-state index in [1.807, 2.05) is 30.6 Å². The summed E-state index contributed by atoms with van der Waals surface area (Å²) in [5, 5.41) is 6.81. The minimum absolute atomic E-state index is 0.247. The Labute approximate surface area is 123 Å². The zero-order valence-electron chi connectivity index (χ0n) is 11.8. The molecule has 0 fully saturated rings. The first-order valence-electron chi connectivity index (χ1n) is 6.91. The van der Waals surface area contributed by atoms with Gasteiger partial charge in [0.2, 0.25) is 0 Å². The molecule has 0 aliphatic rings. The van der Waals surface area contributed by atoms with Gasteiger partial charge in [-0.1, -0.05) is 25.1 Å². The normalized spacial score (nSPS) is 12.7. The van der Waals surface area contributed by atoms with E-state index in [1.165, 1.54) is 21.4 Å². The van der Waals surface area contributed by atoms with Gasteiger partial charge in [-0.15, -0.1) is 11.3 Å². The second-order valence-electron chi connectivity index (χ2n) is 4.84. The molecule has 3 aromatic rings. The monoisotopic (exact) mass is 282 g/mol. The second-order valence-corrected chi connectivity index (χ2v) is 5.79. The molecule has 2 aromatic heterocycles. The van der Waals surface area contributed by atoms with Crippen molar-refractivity contribution in [2.75, 3.05) is 7.05 Å². The summed E-state index contributed by atoms with van der Waals surface area (Å²) >= 11 is 1.82. The standard InChI is InChI=1S/C17H18N2S/c1-3-12-8-10-20-17(12)16(18-2)14-7-6-13-5-4-9-19-15(13)11-14/h4-11,16,18H,3H2,1-2H3. The molecule has 3 rings (SSSR count). The van der Waals surface area contributed by atoms with Crippen molar-refractivity contribution in [3.8, 4) is 0 Å². The van der Waals surface area contributed by atoms with Crippen LogP contribution in [0.5, 0.6) is 0 Å². The van der Waals surface area contributed by atoms with Crippen LogP contribution in [-0.4, -0.2) is 12.0 Å². The van der Waals surface area contributed by atoms with Crippen LogP contribution in [0.3, 0.4) is 0 Å². The van der Waals surface area contributed by atoms with E-state index in [0.29, 0.717) is 0 Å². The molecule has 1 aromatic carbocycles. The van der Waals surface area contributed by atoms with Crippen molar-refractivity contribution in [1.82, 2.24) is 10.3 Å². The molecule has 1 atom stereocenters. The Bertz CT molecular complexity index is 718. The summed E-state index contributed by atoms with van der Waals surface area (Å²) in [4.78, 5) is 5.87. The minimum Gasteiger partial charge on any atom is -0.309 e. The highest BCUT2D eigenvalue weighted by molar-refractivity contribution is 7.10. The van der Waals surface area contributed by atoms with Gasteiger partial charge in [-0.05, 0) is 48.2 Å². The van der Waals surface area contributed by atoms with Crippen molar-refractivity contribution in [3.05, 3.63) is 64.0 Å². The molecule has 0 spiro atoms. The summed E-state index contributed by atoms with van der Waals surface area (Å²) < 4.78 is 0. The highest BCUT2D eigenvalue weighted by Gasteiger charge is 2.16. The minimum atomic E-state index is 0.247. The Balaban J connectivity index is 2.07. The molecule has 2 nitrogen and oxygen atoms in total. The summed E-state index contributed by atoms with van der Waals surface area (Å²) in [6.07, 6.45) is 2.92. The van der Waals surface area contributed by atoms with Crippen LogP contribution < -0.4 is 5.32 Å². The molecule has 102 valence electrons. The predicted molar refractivity (Wildman–Crippen MR) is 86.3 cm³/mol. The molecule has 0 saturated heterocycles. The SMILES string of the molecule is CCc1ccsc1C(NC)c1ccc2cccnc2c1. The smallest absolute Gasteiger partial charge is 0.0705 e. The number of hydrogen-bond donors (Lipinski definition) is 1. The largest absolute Gasteiger partial charge is 0.309 e. The Kier molecular flexibility index (Phi) is 3.81. The first-order chi connectivity index (χ1) is 9.83. The Hall–Kier alpha value is -1.71. The van der Waals surface area contributed by atoms with Crippen molar-refractivity contribution < 1.29 is 0 Å². The molecule has 0 bridgehead atoms. The topological polar surface area (TPSA) is 24.9 Å². The fourth-order valence-electron chi connectivity index (χ4n) is 2.60. The molecule has 0 aliphatic carbocycles. The van der Waals surface area contributed by atoms with E-state index >= 15 is 0 Å². The molecular weight excluding hydrogens is 264 g/mol. The van der Waals surface area contributed by atoms with Crippen molar-refractivity contribution >= 4 is 22.2 Å². The molecule has 20 heavy (non-hydrogen) atoms. The van der Waals surface area contributed by atoms with Crippen LogP contribution in [0.1, 0.15) is 29.0 Å². The number of aryl methyl sites for hydroxylation is 1. The summed E-state index contributed by atoms with van der Waals surface area (Å²) in [5.41, 5.74) is 3.76. The summed E-state index contributed by atoms with van der Waals surface area (Å²) in [7, 11) is 2.02. The number of rotatable bonds is 4. The van der Waals surface area contributed by atoms with E-state index in [4.69, 9.17) is 0 Å². The van der Waals surface area contributed by atoms with E-state index in [2.05, 4.69) is 52.9 Å². The van der Waals surface area contributed by atoms with Gasteiger partial charge < -0.3 is 5.32 Å². The van der Waals surface area contributed by atoms with Crippen LogP contribution >= 0.6 is 11.3 Å². The van der Waals surface area contributed by atoms with Gasteiger partial charge >= 0.3 is 0 Å². The van der Waals surface area contributed by atoms with Gasteiger partial charge in [-0.3, -0.25) is 4.98 Å². The van der Waals surface area contributed by atoms with Crippen LogP contribution in [0, 0.1) is 0 Å². The van der Waals surface area contributed by atoms with E-state index < -0.39 is 0 Å². The highest BCUT2D eigenvalue weighted by atomic mass is 32.1. The van der Waals surface area contributed by atoms with Crippen LogP contribution in [0.25, 0.3) is 10.9 Å². The quantitative estimate of drug-likeness (QED) is 0.777. The lowest BCUT2D eigenvalue weighted by Crippen LogP contribution is -2.17. The number of thiophene rings is 1. The Morgan fingerprint density at radius 1 is 1.25 bits per heavy atom. The lowest BCUT2D eigenvalue weighted by atomic mass is 10.0. The fraction of sp³-hybridized carbons (Fsp3) is 0.235. The number of nitrogens with zero attached hydrogens (tertiary/aromatic N) is 1. The van der Waals surface area contributed by atoms with Crippen molar-refractivity contribution in [2.45, 2.75) is 19.4 Å². The van der Waals surface area contributed by atoms with Gasteiger partial charge in [0.25, 0.3) is 0 Å². The summed E-state index contributed by atoms with van der Waals surface area (Å²) in [5.74, 6) is 0. The van der Waals surface area contributed by atoms with Crippen LogP contribution in [0.15, 0.2) is 48.0 Å². The highest BCUT2D eigenvalue weighted by Crippen LogP contribution is 2.31. The lowest BCUT2D eigenvalue weighted by molar-refractivity contribution is 0.698. The van der Waals surface area contributed by atoms with Crippen molar-refractivity contribution in [2.24, 2.45) is 0 Å². The number of aromatic nitrogens is 1. The van der Waals surface area contributed by atoms with Crippen LogP contribution in [0.2, 0.25) is 0 Å². The number of fused-ring (bicyclic) bond motifs is 1. The second kappa shape index (κ2) is 5.73. The average Bonchev–Trinajstić information content (AvgIpc) is 2.96. The van der Waals surface area contributed by atoms with Gasteiger partial charge in [0, 0.05) is 16.5 Å². The van der Waals surface area contributed by atoms with Crippen LogP contribution in [-0.2, 0) is 6.42 Å². The van der Waals surface area contributed by atoms with Crippen molar-refractivity contribution in [3.63, 3.8) is 0 Å². The summed E-state index contributed by atoms with van der Waals surface area (Å²) in [6, 6.07) is 13.1. The average molecular weight is 282 g/mol. The molecule has 0 saturated carbocycles. The number of benzene rings is 1. The molecule has 0 aliphatic heterocycles. The van der Waals surface area contributed by atoms with Gasteiger partial charge in [-0.2, -0.15) is 0 Å². The van der Waals surface area contributed by atoms with E-state index in [1.54, 1.807) is 0 Å². The third-order valence-electron chi connectivity index (χ3n) is 3.68. The summed E-state index contributed by atoms with van der Waals surface area (Å²) in [6.45, 7) is 2.21. The van der Waals surface area contributed by atoms with E-state index in [9.17, 15) is 0 Å². The number of hydrogen-bond acceptors (Lipinski definition) is 3. The van der Waals surface area contributed by atoms with Crippen LogP contribution in [0.4, 0.5) is 0 Å². The molecule has 0 radical (unpaired) electrons. The first-order valence-corrected chi connectivity index (χ1v) is 7.79. The maximum atomic E-state index is 4.46. The lowest BCUT2D eigenvalue weighted by Gasteiger charge is -2.17. The van der Waals surface area contributed by atoms with Gasteiger partial charge in [0.15, 0.2) is 0 Å². The number of pyridine rings is 1. The molecule has 3 heteroatoms. The van der Waals surface area contributed by atoms with Gasteiger partial charge in [0.1, 0.15) is 0 Å². The van der Waals surface area contributed by atoms with Gasteiger partial charge in [0.05, 0.1) is 11.6 Å². The third-order valence-corrected chi connectivity index (χ3v) is 4.70. The van der Waals surface area contributed by atoms with Crippen molar-refractivity contribution in [1.29, 1.82) is 0 Å². The molecular formula is C17H18N2S. The van der Waals surface area contributed by atoms with E-state index in [-0.39, 0.29) is 6.04 Å². The molecule has 1 N–H and O–H groups in total. The number of nitrogens with one attached hydrogen (secondary N) is 1. The third kappa shape index (κ3) is 2.35. The zero-order chi connectivity index (χ0) is 13.9. The Morgan fingerprint density at radius 2 is 2.15 bits per heavy atom. The fourth-order valence-corrected chi connectivity index (χ4v) is 3.74. The molecule has 0 amide bonds. The maximum absolute atomic E-state index is 4.46. The maximum Gasteiger partial charge on any atom is 0.0705 e. The van der Waals surface area contributed by atoms with Gasteiger partial charge in [-0.25, -0.2) is 0 Å². The predicted octanol–water partition coefficient (Wildman–Crippen LogP) is 4.17. The molecule has 2 heterocycles.